The Morgan fingerprint density at radius 2 is 1.80 bits per heavy atom. The molecule has 6 heteroatoms. The molecule has 0 unspecified atom stereocenters. The average Bonchev–Trinajstić information content (AvgIpc) is 3.31. The second-order valence-corrected chi connectivity index (χ2v) is 6.88. The zero-order valence-corrected chi connectivity index (χ0v) is 15.2. The summed E-state index contributed by atoms with van der Waals surface area (Å²) >= 11 is 12.2. The number of nitrogens with zero attached hydrogens (tertiary/aromatic N) is 1. The molecule has 25 heavy (non-hydrogen) atoms. The predicted molar refractivity (Wildman–Crippen MR) is 96.6 cm³/mol. The molecule has 0 aliphatic heterocycles. The van der Waals surface area contributed by atoms with Crippen LogP contribution in [0, 0.1) is 0 Å². The molecule has 0 heterocycles. The van der Waals surface area contributed by atoms with Crippen molar-refractivity contribution in [2.45, 2.75) is 38.2 Å². The number of amides is 1. The van der Waals surface area contributed by atoms with Crippen LogP contribution in [0.3, 0.4) is 0 Å². The molecule has 0 aromatic heterocycles. The van der Waals surface area contributed by atoms with Crippen molar-refractivity contribution in [1.29, 1.82) is 0 Å². The number of hydrogen-bond acceptors (Lipinski definition) is 2. The Labute approximate surface area is 156 Å². The normalized spacial score (nSPS) is 20.0. The minimum absolute atomic E-state index is 0.0565. The maximum atomic E-state index is 13.7. The number of hydrogen-bond donors (Lipinski definition) is 0. The molecular formula is C19H18Cl2FNO2. The van der Waals surface area contributed by atoms with Gasteiger partial charge in [-0.25, -0.2) is 9.18 Å². The van der Waals surface area contributed by atoms with Gasteiger partial charge < -0.3 is 4.74 Å². The van der Waals surface area contributed by atoms with Crippen LogP contribution in [0.1, 0.15) is 30.5 Å². The van der Waals surface area contributed by atoms with Crippen molar-refractivity contribution in [2.24, 2.45) is 0 Å². The van der Waals surface area contributed by atoms with Crippen LogP contribution in [-0.4, -0.2) is 23.2 Å². The molecule has 1 amide bonds. The molecule has 1 aliphatic carbocycles. The molecule has 3 atom stereocenters. The van der Waals surface area contributed by atoms with Gasteiger partial charge in [-0.3, -0.25) is 4.90 Å². The molecule has 0 N–H and O–H groups in total. The van der Waals surface area contributed by atoms with Gasteiger partial charge in [0.1, 0.15) is 12.8 Å². The van der Waals surface area contributed by atoms with E-state index in [1.165, 1.54) is 4.90 Å². The molecule has 0 saturated heterocycles. The van der Waals surface area contributed by atoms with E-state index in [4.69, 9.17) is 27.9 Å². The molecule has 0 radical (unpaired) electrons. The zero-order chi connectivity index (χ0) is 18.0. The first-order valence-corrected chi connectivity index (χ1v) is 8.81. The van der Waals surface area contributed by atoms with Gasteiger partial charge in [0.2, 0.25) is 0 Å². The lowest BCUT2D eigenvalue weighted by Gasteiger charge is -2.29. The van der Waals surface area contributed by atoms with Gasteiger partial charge in [-0.15, -0.1) is 0 Å². The van der Waals surface area contributed by atoms with E-state index >= 15 is 0 Å². The van der Waals surface area contributed by atoms with Crippen molar-refractivity contribution in [3.8, 4) is 0 Å². The quantitative estimate of drug-likeness (QED) is 0.654. The minimum Gasteiger partial charge on any atom is -0.444 e. The van der Waals surface area contributed by atoms with Gasteiger partial charge in [0.05, 0.1) is 12.1 Å². The van der Waals surface area contributed by atoms with Gasteiger partial charge in [-0.2, -0.15) is 0 Å². The fourth-order valence-electron chi connectivity index (χ4n) is 2.79. The summed E-state index contributed by atoms with van der Waals surface area (Å²) in [5.41, 5.74) is 1.47. The van der Waals surface area contributed by atoms with E-state index in [1.807, 2.05) is 37.3 Å². The van der Waals surface area contributed by atoms with E-state index in [9.17, 15) is 9.18 Å². The molecule has 1 aliphatic rings. The van der Waals surface area contributed by atoms with Crippen molar-refractivity contribution in [1.82, 2.24) is 4.90 Å². The Hall–Kier alpha value is -1.78. The van der Waals surface area contributed by atoms with Gasteiger partial charge in [0.15, 0.2) is 0 Å². The third-order valence-electron chi connectivity index (χ3n) is 4.35. The summed E-state index contributed by atoms with van der Waals surface area (Å²) in [6.45, 7) is 1.81. The Balaban J connectivity index is 1.74. The molecule has 3 nitrogen and oxygen atoms in total. The molecule has 0 bridgehead atoms. The smallest absolute Gasteiger partial charge is 0.410 e. The van der Waals surface area contributed by atoms with E-state index in [1.54, 1.807) is 18.2 Å². The Bertz CT molecular complexity index is 736. The molecule has 1 fully saturated rings. The highest BCUT2D eigenvalue weighted by atomic mass is 35.5. The van der Waals surface area contributed by atoms with Crippen LogP contribution in [0.2, 0.25) is 10.0 Å². The molecule has 1 saturated carbocycles. The third-order valence-corrected chi connectivity index (χ3v) is 5.06. The maximum Gasteiger partial charge on any atom is 0.410 e. The highest BCUT2D eigenvalue weighted by Crippen LogP contribution is 2.38. The highest BCUT2D eigenvalue weighted by molar-refractivity contribution is 6.35. The van der Waals surface area contributed by atoms with Crippen LogP contribution < -0.4 is 0 Å². The molecule has 2 aromatic carbocycles. The van der Waals surface area contributed by atoms with Gasteiger partial charge in [-0.05, 0) is 24.6 Å². The van der Waals surface area contributed by atoms with Crippen molar-refractivity contribution in [2.75, 3.05) is 0 Å². The Morgan fingerprint density at radius 3 is 2.36 bits per heavy atom. The molecule has 132 valence electrons. The number of ether oxygens (including phenoxy) is 1. The second kappa shape index (κ2) is 7.63. The standard InChI is InChI=1S/C19H18Cl2FNO2/c1-12(13-6-3-2-4-7-13)23(18-10-17(18)22)19(24)25-11-14-15(20)8-5-9-16(14)21/h2-9,12,17-18H,10-11H2,1H3/t12-,17+,18+/m0/s1. The fraction of sp³-hybridized carbons (Fsp3) is 0.316. The number of benzene rings is 2. The first-order chi connectivity index (χ1) is 12.0. The lowest BCUT2D eigenvalue weighted by Crippen LogP contribution is -2.37. The van der Waals surface area contributed by atoms with Crippen molar-refractivity contribution in [3.05, 3.63) is 69.7 Å². The summed E-state index contributed by atoms with van der Waals surface area (Å²) in [5.74, 6) is 0. The zero-order valence-electron chi connectivity index (χ0n) is 13.7. The molecular weight excluding hydrogens is 364 g/mol. The topological polar surface area (TPSA) is 29.5 Å². The van der Waals surface area contributed by atoms with Gasteiger partial charge >= 0.3 is 6.09 Å². The van der Waals surface area contributed by atoms with E-state index in [2.05, 4.69) is 0 Å². The predicted octanol–water partition coefficient (Wildman–Crippen LogP) is 5.80. The largest absolute Gasteiger partial charge is 0.444 e. The Morgan fingerprint density at radius 1 is 1.20 bits per heavy atom. The van der Waals surface area contributed by atoms with E-state index in [-0.39, 0.29) is 12.6 Å². The summed E-state index contributed by atoms with van der Waals surface area (Å²) in [5, 5.41) is 0.857. The number of carbonyl (C=O) groups is 1. The maximum absolute atomic E-state index is 13.7. The number of carbonyl (C=O) groups excluding carboxylic acids is 1. The van der Waals surface area contributed by atoms with Gasteiger partial charge in [0.25, 0.3) is 0 Å². The highest BCUT2D eigenvalue weighted by Gasteiger charge is 2.47. The van der Waals surface area contributed by atoms with Gasteiger partial charge in [0, 0.05) is 22.0 Å². The first-order valence-electron chi connectivity index (χ1n) is 8.06. The summed E-state index contributed by atoms with van der Waals surface area (Å²) in [6.07, 6.45) is -1.25. The van der Waals surface area contributed by atoms with E-state index < -0.39 is 18.3 Å². The van der Waals surface area contributed by atoms with Crippen LogP contribution >= 0.6 is 23.2 Å². The van der Waals surface area contributed by atoms with Crippen LogP contribution in [0.15, 0.2) is 48.5 Å². The van der Waals surface area contributed by atoms with Crippen LogP contribution in [0.4, 0.5) is 9.18 Å². The molecule has 0 spiro atoms. The summed E-state index contributed by atoms with van der Waals surface area (Å²) < 4.78 is 19.1. The second-order valence-electron chi connectivity index (χ2n) is 6.07. The van der Waals surface area contributed by atoms with Crippen molar-refractivity contribution >= 4 is 29.3 Å². The molecule has 3 rings (SSSR count). The molecule has 2 aromatic rings. The summed E-state index contributed by atoms with van der Waals surface area (Å²) in [7, 11) is 0. The van der Waals surface area contributed by atoms with Crippen LogP contribution in [0.5, 0.6) is 0 Å². The monoisotopic (exact) mass is 381 g/mol. The van der Waals surface area contributed by atoms with Gasteiger partial charge in [-0.1, -0.05) is 59.6 Å². The number of halogens is 3. The van der Waals surface area contributed by atoms with Crippen LogP contribution in [-0.2, 0) is 11.3 Å². The summed E-state index contributed by atoms with van der Waals surface area (Å²) in [6, 6.07) is 13.8. The fourth-order valence-corrected chi connectivity index (χ4v) is 3.30. The Kier molecular flexibility index (Phi) is 5.50. The third kappa shape index (κ3) is 4.07. The van der Waals surface area contributed by atoms with E-state index in [0.29, 0.717) is 22.0 Å². The van der Waals surface area contributed by atoms with Crippen molar-refractivity contribution in [3.63, 3.8) is 0 Å². The minimum atomic E-state index is -1.01. The average molecular weight is 382 g/mol. The summed E-state index contributed by atoms with van der Waals surface area (Å²) in [4.78, 5) is 14.1. The number of rotatable bonds is 5. The van der Waals surface area contributed by atoms with Crippen LogP contribution in [0.25, 0.3) is 0 Å². The SMILES string of the molecule is C[C@@H](c1ccccc1)N(C(=O)OCc1c(Cl)cccc1Cl)[C@@H]1C[C@H]1F. The van der Waals surface area contributed by atoms with E-state index in [0.717, 1.165) is 5.56 Å². The lowest BCUT2D eigenvalue weighted by atomic mass is 10.1. The van der Waals surface area contributed by atoms with Crippen molar-refractivity contribution < 1.29 is 13.9 Å². The first kappa shape index (κ1) is 18.0. The lowest BCUT2D eigenvalue weighted by molar-refractivity contribution is 0.0761. The number of alkyl halides is 1.